The van der Waals surface area contributed by atoms with Crippen molar-refractivity contribution in [2.24, 2.45) is 5.92 Å². The minimum atomic E-state index is 0.279. The number of nitrogens with zero attached hydrogens (tertiary/aromatic N) is 2. The lowest BCUT2D eigenvalue weighted by Gasteiger charge is -2.31. The second-order valence-corrected chi connectivity index (χ2v) is 7.33. The molecule has 0 spiro atoms. The molecule has 1 aliphatic heterocycles. The quantitative estimate of drug-likeness (QED) is 0.820. The third-order valence-corrected chi connectivity index (χ3v) is 5.37. The van der Waals surface area contributed by atoms with Gasteiger partial charge in [-0.3, -0.25) is 9.69 Å². The van der Waals surface area contributed by atoms with E-state index in [-0.39, 0.29) is 5.91 Å². The molecule has 3 rings (SSSR count). The molecule has 1 heterocycles. The van der Waals surface area contributed by atoms with Crippen molar-refractivity contribution in [2.45, 2.75) is 51.9 Å². The molecule has 126 valence electrons. The van der Waals surface area contributed by atoms with E-state index in [4.69, 9.17) is 0 Å². The van der Waals surface area contributed by atoms with Gasteiger partial charge in [-0.05, 0) is 63.7 Å². The monoisotopic (exact) mass is 314 g/mol. The molecule has 0 atom stereocenters. The van der Waals surface area contributed by atoms with E-state index in [2.05, 4.69) is 41.0 Å². The molecule has 0 aromatic heterocycles. The first-order chi connectivity index (χ1) is 11.2. The third kappa shape index (κ3) is 4.57. The van der Waals surface area contributed by atoms with E-state index in [0.29, 0.717) is 12.5 Å². The molecule has 2 fully saturated rings. The topological polar surface area (TPSA) is 23.6 Å². The van der Waals surface area contributed by atoms with Gasteiger partial charge in [0.25, 0.3) is 0 Å². The van der Waals surface area contributed by atoms with Crippen molar-refractivity contribution in [3.05, 3.63) is 29.8 Å². The number of anilines is 1. The van der Waals surface area contributed by atoms with Gasteiger partial charge in [-0.15, -0.1) is 0 Å². The van der Waals surface area contributed by atoms with Crippen LogP contribution in [-0.2, 0) is 4.79 Å². The van der Waals surface area contributed by atoms with Crippen molar-refractivity contribution >= 4 is 11.6 Å². The summed E-state index contributed by atoms with van der Waals surface area (Å²) in [7, 11) is 0. The van der Waals surface area contributed by atoms with E-state index in [1.165, 1.54) is 50.5 Å². The molecule has 23 heavy (non-hydrogen) atoms. The predicted molar refractivity (Wildman–Crippen MR) is 95.8 cm³/mol. The summed E-state index contributed by atoms with van der Waals surface area (Å²) in [5, 5.41) is 0. The standard InChI is InChI=1S/C20H30N2O/c1-17-9-11-19(12-10-17)22(15-18-7-3-2-4-8-18)20(23)16-21-13-5-6-14-21/h9-12,18H,2-8,13-16H2,1H3. The summed E-state index contributed by atoms with van der Waals surface area (Å²) < 4.78 is 0. The van der Waals surface area contributed by atoms with Gasteiger partial charge in [0.15, 0.2) is 0 Å². The van der Waals surface area contributed by atoms with Gasteiger partial charge in [-0.25, -0.2) is 0 Å². The summed E-state index contributed by atoms with van der Waals surface area (Å²) in [4.78, 5) is 17.3. The van der Waals surface area contributed by atoms with Crippen molar-refractivity contribution < 1.29 is 4.79 Å². The summed E-state index contributed by atoms with van der Waals surface area (Å²) in [6.45, 7) is 5.74. The second kappa shape index (κ2) is 7.96. The number of carbonyl (C=O) groups is 1. The van der Waals surface area contributed by atoms with Crippen LogP contribution in [0.15, 0.2) is 24.3 Å². The van der Waals surface area contributed by atoms with Crippen molar-refractivity contribution in [3.63, 3.8) is 0 Å². The first-order valence-corrected chi connectivity index (χ1v) is 9.32. The lowest BCUT2D eigenvalue weighted by molar-refractivity contribution is -0.119. The fourth-order valence-corrected chi connectivity index (χ4v) is 3.92. The molecular weight excluding hydrogens is 284 g/mol. The SMILES string of the molecule is Cc1ccc(N(CC2CCCCC2)C(=O)CN2CCCC2)cc1. The Bertz CT molecular complexity index is 499. The lowest BCUT2D eigenvalue weighted by atomic mass is 9.89. The largest absolute Gasteiger partial charge is 0.311 e. The highest BCUT2D eigenvalue weighted by atomic mass is 16.2. The predicted octanol–water partition coefficient (Wildman–Crippen LogP) is 4.00. The van der Waals surface area contributed by atoms with Crippen molar-refractivity contribution in [2.75, 3.05) is 31.1 Å². The van der Waals surface area contributed by atoms with Crippen LogP contribution in [0.4, 0.5) is 5.69 Å². The van der Waals surface area contributed by atoms with Gasteiger partial charge < -0.3 is 4.90 Å². The molecule has 2 aliphatic rings. The average molecular weight is 314 g/mol. The molecule has 0 bridgehead atoms. The first-order valence-electron chi connectivity index (χ1n) is 9.32. The second-order valence-electron chi connectivity index (χ2n) is 7.33. The normalized spacial score (nSPS) is 19.9. The molecule has 3 heteroatoms. The molecule has 1 aliphatic carbocycles. The minimum Gasteiger partial charge on any atom is -0.311 e. The number of likely N-dealkylation sites (tertiary alicyclic amines) is 1. The van der Waals surface area contributed by atoms with Gasteiger partial charge in [-0.2, -0.15) is 0 Å². The fraction of sp³-hybridized carbons (Fsp3) is 0.650. The van der Waals surface area contributed by atoms with Crippen LogP contribution < -0.4 is 4.90 Å². The Labute approximate surface area is 140 Å². The summed E-state index contributed by atoms with van der Waals surface area (Å²) >= 11 is 0. The molecule has 0 unspecified atom stereocenters. The molecule has 1 aromatic carbocycles. The molecule has 3 nitrogen and oxygen atoms in total. The van der Waals surface area contributed by atoms with Crippen molar-refractivity contribution in [1.29, 1.82) is 0 Å². The Balaban J connectivity index is 1.71. The highest BCUT2D eigenvalue weighted by Gasteiger charge is 2.24. The van der Waals surface area contributed by atoms with Crippen LogP contribution in [0.2, 0.25) is 0 Å². The van der Waals surface area contributed by atoms with Crippen molar-refractivity contribution in [1.82, 2.24) is 4.90 Å². The zero-order valence-corrected chi connectivity index (χ0v) is 14.5. The number of amides is 1. The summed E-state index contributed by atoms with van der Waals surface area (Å²) in [5.74, 6) is 0.953. The third-order valence-electron chi connectivity index (χ3n) is 5.37. The highest BCUT2D eigenvalue weighted by molar-refractivity contribution is 5.94. The highest BCUT2D eigenvalue weighted by Crippen LogP contribution is 2.27. The summed E-state index contributed by atoms with van der Waals surface area (Å²) in [5.41, 5.74) is 2.32. The maximum absolute atomic E-state index is 12.9. The van der Waals surface area contributed by atoms with Gasteiger partial charge >= 0.3 is 0 Å². The Hall–Kier alpha value is -1.35. The van der Waals surface area contributed by atoms with Crippen LogP contribution in [0.1, 0.15) is 50.5 Å². The van der Waals surface area contributed by atoms with E-state index in [1.54, 1.807) is 0 Å². The zero-order chi connectivity index (χ0) is 16.1. The van der Waals surface area contributed by atoms with E-state index < -0.39 is 0 Å². The summed E-state index contributed by atoms with van der Waals surface area (Å²) in [6.07, 6.45) is 9.04. The van der Waals surface area contributed by atoms with Gasteiger partial charge in [0.05, 0.1) is 6.54 Å². The number of aryl methyl sites for hydroxylation is 1. The maximum Gasteiger partial charge on any atom is 0.241 e. The fourth-order valence-electron chi connectivity index (χ4n) is 3.92. The van der Waals surface area contributed by atoms with Gasteiger partial charge in [0.2, 0.25) is 5.91 Å². The van der Waals surface area contributed by atoms with Crippen LogP contribution in [0.5, 0.6) is 0 Å². The molecule has 0 radical (unpaired) electrons. The average Bonchev–Trinajstić information content (AvgIpc) is 3.07. The smallest absolute Gasteiger partial charge is 0.241 e. The zero-order valence-electron chi connectivity index (χ0n) is 14.5. The van der Waals surface area contributed by atoms with Crippen LogP contribution in [0.25, 0.3) is 0 Å². The molecule has 1 aromatic rings. The Morgan fingerprint density at radius 2 is 1.70 bits per heavy atom. The van der Waals surface area contributed by atoms with Crippen molar-refractivity contribution in [3.8, 4) is 0 Å². The molecular formula is C20H30N2O. The minimum absolute atomic E-state index is 0.279. The van der Waals surface area contributed by atoms with Crippen LogP contribution in [0, 0.1) is 12.8 Å². The first kappa shape index (κ1) is 16.5. The Morgan fingerprint density at radius 1 is 1.04 bits per heavy atom. The number of carbonyl (C=O) groups excluding carboxylic acids is 1. The summed E-state index contributed by atoms with van der Waals surface area (Å²) in [6, 6.07) is 8.46. The lowest BCUT2D eigenvalue weighted by Crippen LogP contribution is -2.42. The van der Waals surface area contributed by atoms with E-state index in [0.717, 1.165) is 25.3 Å². The van der Waals surface area contributed by atoms with Gasteiger partial charge in [0.1, 0.15) is 0 Å². The van der Waals surface area contributed by atoms with Gasteiger partial charge in [0, 0.05) is 12.2 Å². The van der Waals surface area contributed by atoms with E-state index in [1.807, 2.05) is 0 Å². The van der Waals surface area contributed by atoms with E-state index >= 15 is 0 Å². The maximum atomic E-state index is 12.9. The number of benzene rings is 1. The number of hydrogen-bond acceptors (Lipinski definition) is 2. The molecule has 1 saturated carbocycles. The van der Waals surface area contributed by atoms with Crippen LogP contribution in [-0.4, -0.2) is 37.0 Å². The Morgan fingerprint density at radius 3 is 2.35 bits per heavy atom. The molecule has 0 N–H and O–H groups in total. The van der Waals surface area contributed by atoms with Gasteiger partial charge in [-0.1, -0.05) is 37.0 Å². The number of rotatable bonds is 5. The molecule has 1 amide bonds. The van der Waals surface area contributed by atoms with Crippen LogP contribution >= 0.6 is 0 Å². The van der Waals surface area contributed by atoms with E-state index in [9.17, 15) is 4.79 Å². The number of hydrogen-bond donors (Lipinski definition) is 0. The molecule has 1 saturated heterocycles. The Kier molecular flexibility index (Phi) is 5.71. The van der Waals surface area contributed by atoms with Crippen LogP contribution in [0.3, 0.4) is 0 Å².